The quantitative estimate of drug-likeness (QED) is 0.322. The van der Waals surface area contributed by atoms with E-state index in [1.54, 1.807) is 52.0 Å². The molecule has 3 heterocycles. The van der Waals surface area contributed by atoms with Crippen LogP contribution in [0.3, 0.4) is 0 Å². The molecule has 0 bridgehead atoms. The highest BCUT2D eigenvalue weighted by molar-refractivity contribution is 7.18. The number of anilines is 1. The molecule has 11 nitrogen and oxygen atoms in total. The van der Waals surface area contributed by atoms with Crippen molar-refractivity contribution >= 4 is 56.7 Å². The van der Waals surface area contributed by atoms with Crippen molar-refractivity contribution in [3.63, 3.8) is 0 Å². The number of hydrogen-bond donors (Lipinski definition) is 1. The van der Waals surface area contributed by atoms with Crippen molar-refractivity contribution in [1.29, 1.82) is 0 Å². The number of amides is 1. The monoisotopic (exact) mass is 557 g/mol. The lowest BCUT2D eigenvalue weighted by atomic mass is 10.1. The first-order valence-corrected chi connectivity index (χ1v) is 12.8. The van der Waals surface area contributed by atoms with E-state index in [-0.39, 0.29) is 34.2 Å². The van der Waals surface area contributed by atoms with Crippen LogP contribution in [0.4, 0.5) is 5.00 Å². The molecule has 38 heavy (non-hydrogen) atoms. The molecule has 0 fully saturated rings. The number of nitrogens with zero attached hydrogens (tertiary/aromatic N) is 4. The number of halogens is 1. The number of thiophene rings is 1. The SMILES string of the molecule is CCOC(=O)c1sc(NC(=O)Cn2nc(C)c3cnn(-c4cccc(Cl)c4)c3c2=O)c(C(=O)OCC)c1C. The maximum Gasteiger partial charge on any atom is 0.348 e. The van der Waals surface area contributed by atoms with Crippen molar-refractivity contribution in [2.24, 2.45) is 0 Å². The summed E-state index contributed by atoms with van der Waals surface area (Å²) in [4.78, 5) is 51.6. The number of esters is 2. The summed E-state index contributed by atoms with van der Waals surface area (Å²) in [7, 11) is 0. The number of aromatic nitrogens is 4. The van der Waals surface area contributed by atoms with Crippen molar-refractivity contribution in [3.05, 3.63) is 67.5 Å². The predicted octanol–water partition coefficient (Wildman–Crippen LogP) is 3.91. The van der Waals surface area contributed by atoms with Gasteiger partial charge in [0.25, 0.3) is 5.56 Å². The second kappa shape index (κ2) is 11.2. The van der Waals surface area contributed by atoms with Crippen LogP contribution in [0, 0.1) is 13.8 Å². The molecule has 4 rings (SSSR count). The second-order valence-electron chi connectivity index (χ2n) is 8.10. The molecule has 0 aliphatic rings. The average molecular weight is 558 g/mol. The lowest BCUT2D eigenvalue weighted by Gasteiger charge is -2.10. The zero-order chi connectivity index (χ0) is 27.6. The van der Waals surface area contributed by atoms with Crippen LogP contribution in [0.25, 0.3) is 16.6 Å². The number of carbonyl (C=O) groups excluding carboxylic acids is 3. The number of nitrogens with one attached hydrogen (secondary N) is 1. The predicted molar refractivity (Wildman–Crippen MR) is 142 cm³/mol. The van der Waals surface area contributed by atoms with E-state index < -0.39 is 29.9 Å². The van der Waals surface area contributed by atoms with Gasteiger partial charge < -0.3 is 14.8 Å². The van der Waals surface area contributed by atoms with Crippen molar-refractivity contribution in [2.75, 3.05) is 18.5 Å². The van der Waals surface area contributed by atoms with E-state index in [1.165, 1.54) is 10.9 Å². The van der Waals surface area contributed by atoms with Crippen LogP contribution in [-0.2, 0) is 20.8 Å². The third-order valence-electron chi connectivity index (χ3n) is 5.55. The average Bonchev–Trinajstić information content (AvgIpc) is 3.45. The number of ether oxygens (including phenoxy) is 2. The van der Waals surface area contributed by atoms with Gasteiger partial charge in [0.05, 0.1) is 36.4 Å². The van der Waals surface area contributed by atoms with Crippen LogP contribution in [0.15, 0.2) is 35.3 Å². The fraction of sp³-hybridized carbons (Fsp3) is 0.280. The number of benzene rings is 1. The van der Waals surface area contributed by atoms with Gasteiger partial charge >= 0.3 is 11.9 Å². The maximum absolute atomic E-state index is 13.4. The maximum atomic E-state index is 13.4. The first kappa shape index (κ1) is 27.0. The van der Waals surface area contributed by atoms with Gasteiger partial charge in [-0.25, -0.2) is 19.0 Å². The molecule has 198 valence electrons. The molecule has 1 N–H and O–H groups in total. The van der Waals surface area contributed by atoms with Gasteiger partial charge in [0.2, 0.25) is 5.91 Å². The van der Waals surface area contributed by atoms with Crippen LogP contribution in [0.2, 0.25) is 5.02 Å². The standard InChI is InChI=1S/C25H24ClN5O6S/c1-5-36-24(34)19-13(3)21(25(35)37-6-2)38-22(19)28-18(32)12-30-23(33)20-17(14(4)29-30)11-27-31(20)16-9-7-8-15(26)10-16/h7-11H,5-6,12H2,1-4H3,(H,28,32). The van der Waals surface area contributed by atoms with E-state index in [9.17, 15) is 19.2 Å². The Bertz CT molecular complexity index is 1620. The Balaban J connectivity index is 1.69. The van der Waals surface area contributed by atoms with Gasteiger partial charge in [0.1, 0.15) is 21.9 Å². The van der Waals surface area contributed by atoms with Gasteiger partial charge in [-0.2, -0.15) is 10.2 Å². The fourth-order valence-electron chi connectivity index (χ4n) is 3.88. The van der Waals surface area contributed by atoms with Gasteiger partial charge in [0.15, 0.2) is 0 Å². The van der Waals surface area contributed by atoms with Crippen LogP contribution in [-0.4, -0.2) is 50.6 Å². The summed E-state index contributed by atoms with van der Waals surface area (Å²) in [6.45, 7) is 6.39. The number of rotatable bonds is 8. The lowest BCUT2D eigenvalue weighted by molar-refractivity contribution is -0.117. The molecular weight excluding hydrogens is 534 g/mol. The van der Waals surface area contributed by atoms with E-state index in [0.29, 0.717) is 27.4 Å². The molecule has 0 atom stereocenters. The normalized spacial score (nSPS) is 11.0. The summed E-state index contributed by atoms with van der Waals surface area (Å²) in [5.74, 6) is -1.94. The number of fused-ring (bicyclic) bond motifs is 1. The Morgan fingerprint density at radius 3 is 2.50 bits per heavy atom. The molecule has 1 amide bonds. The first-order valence-electron chi connectivity index (χ1n) is 11.6. The van der Waals surface area contributed by atoms with E-state index in [2.05, 4.69) is 15.5 Å². The van der Waals surface area contributed by atoms with Gasteiger partial charge in [0, 0.05) is 10.4 Å². The highest BCUT2D eigenvalue weighted by Gasteiger charge is 2.27. The molecule has 0 spiro atoms. The lowest BCUT2D eigenvalue weighted by Crippen LogP contribution is -2.31. The van der Waals surface area contributed by atoms with Crippen LogP contribution in [0.5, 0.6) is 0 Å². The van der Waals surface area contributed by atoms with Gasteiger partial charge in [-0.1, -0.05) is 17.7 Å². The third kappa shape index (κ3) is 5.18. The van der Waals surface area contributed by atoms with Crippen molar-refractivity contribution in [1.82, 2.24) is 19.6 Å². The molecule has 0 saturated carbocycles. The van der Waals surface area contributed by atoms with Crippen LogP contribution >= 0.6 is 22.9 Å². The van der Waals surface area contributed by atoms with Gasteiger partial charge in [-0.15, -0.1) is 11.3 Å². The molecule has 0 saturated heterocycles. The zero-order valence-electron chi connectivity index (χ0n) is 21.0. The minimum Gasteiger partial charge on any atom is -0.462 e. The molecule has 0 unspecified atom stereocenters. The fourth-order valence-corrected chi connectivity index (χ4v) is 5.17. The van der Waals surface area contributed by atoms with E-state index in [4.69, 9.17) is 21.1 Å². The molecule has 13 heteroatoms. The molecule has 0 aliphatic carbocycles. The number of aryl methyl sites for hydroxylation is 1. The van der Waals surface area contributed by atoms with E-state index in [1.807, 2.05) is 0 Å². The smallest absolute Gasteiger partial charge is 0.348 e. The Morgan fingerprint density at radius 1 is 1.11 bits per heavy atom. The summed E-state index contributed by atoms with van der Waals surface area (Å²) in [6.07, 6.45) is 1.53. The van der Waals surface area contributed by atoms with Crippen molar-refractivity contribution in [3.8, 4) is 5.69 Å². The van der Waals surface area contributed by atoms with Crippen molar-refractivity contribution in [2.45, 2.75) is 34.2 Å². The summed E-state index contributed by atoms with van der Waals surface area (Å²) < 4.78 is 12.7. The summed E-state index contributed by atoms with van der Waals surface area (Å²) in [6, 6.07) is 6.86. The summed E-state index contributed by atoms with van der Waals surface area (Å²) in [5.41, 5.74) is 1.14. The Labute approximate surface area is 225 Å². The van der Waals surface area contributed by atoms with Gasteiger partial charge in [-0.05, 0) is 51.5 Å². The van der Waals surface area contributed by atoms with E-state index in [0.717, 1.165) is 16.0 Å². The number of hydrogen-bond acceptors (Lipinski definition) is 9. The molecule has 0 aliphatic heterocycles. The second-order valence-corrected chi connectivity index (χ2v) is 9.55. The topological polar surface area (TPSA) is 134 Å². The Morgan fingerprint density at radius 2 is 1.82 bits per heavy atom. The minimum absolute atomic E-state index is 0.0548. The largest absolute Gasteiger partial charge is 0.462 e. The Hall–Kier alpha value is -4.03. The highest BCUT2D eigenvalue weighted by Crippen LogP contribution is 2.34. The molecule has 0 radical (unpaired) electrons. The van der Waals surface area contributed by atoms with Gasteiger partial charge in [-0.3, -0.25) is 9.59 Å². The minimum atomic E-state index is -0.690. The number of carbonyl (C=O) groups is 3. The molecular formula is C25H24ClN5O6S. The highest BCUT2D eigenvalue weighted by atomic mass is 35.5. The molecule has 3 aromatic heterocycles. The molecule has 4 aromatic rings. The zero-order valence-corrected chi connectivity index (χ0v) is 22.6. The third-order valence-corrected chi connectivity index (χ3v) is 6.98. The van der Waals surface area contributed by atoms with E-state index >= 15 is 0 Å². The first-order chi connectivity index (χ1) is 18.2. The summed E-state index contributed by atoms with van der Waals surface area (Å²) in [5, 5.41) is 12.3. The van der Waals surface area contributed by atoms with Crippen LogP contribution < -0.4 is 10.9 Å². The van der Waals surface area contributed by atoms with Crippen molar-refractivity contribution < 1.29 is 23.9 Å². The van der Waals surface area contributed by atoms with Crippen LogP contribution in [0.1, 0.15) is 45.1 Å². The summed E-state index contributed by atoms with van der Waals surface area (Å²) >= 11 is 7.01. The Kier molecular flexibility index (Phi) is 7.93. The molecule has 1 aromatic carbocycles.